The van der Waals surface area contributed by atoms with Crippen molar-refractivity contribution < 1.29 is 4.79 Å². The lowest BCUT2D eigenvalue weighted by Gasteiger charge is -2.04. The van der Waals surface area contributed by atoms with Crippen LogP contribution in [0.1, 0.15) is 22.8 Å². The zero-order chi connectivity index (χ0) is 9.30. The number of benzene rings is 1. The molecule has 0 saturated carbocycles. The third kappa shape index (κ3) is 1.80. The van der Waals surface area contributed by atoms with Gasteiger partial charge in [-0.15, -0.1) is 0 Å². The van der Waals surface area contributed by atoms with Crippen LogP contribution < -0.4 is 0 Å². The van der Waals surface area contributed by atoms with Crippen LogP contribution >= 0.6 is 34.2 Å². The normalized spacial score (nSPS) is 10.0. The van der Waals surface area contributed by atoms with Crippen LogP contribution in [0.25, 0.3) is 0 Å². The second kappa shape index (κ2) is 3.75. The molecule has 0 atom stereocenters. The number of halogens is 2. The molecule has 0 fully saturated rings. The van der Waals surface area contributed by atoms with Gasteiger partial charge >= 0.3 is 0 Å². The first kappa shape index (κ1) is 9.99. The van der Waals surface area contributed by atoms with Crippen molar-refractivity contribution in [2.24, 2.45) is 0 Å². The fraction of sp³-hybridized carbons (Fsp3) is 0.222. The Morgan fingerprint density at radius 3 is 2.58 bits per heavy atom. The van der Waals surface area contributed by atoms with Gasteiger partial charge in [0.15, 0.2) is 5.78 Å². The summed E-state index contributed by atoms with van der Waals surface area (Å²) in [5.74, 6) is 0.0609. The van der Waals surface area contributed by atoms with Crippen LogP contribution in [0.4, 0.5) is 0 Å². The third-order valence-corrected chi connectivity index (χ3v) is 3.42. The molecule has 3 heteroatoms. The predicted octanol–water partition coefficient (Wildman–Crippen LogP) is 3.46. The van der Waals surface area contributed by atoms with Crippen molar-refractivity contribution in [1.29, 1.82) is 0 Å². The van der Waals surface area contributed by atoms with Crippen LogP contribution in [-0.2, 0) is 0 Å². The molecule has 0 aliphatic heterocycles. The Kier molecular flexibility index (Phi) is 3.12. The zero-order valence-corrected chi connectivity index (χ0v) is 9.73. The third-order valence-electron chi connectivity index (χ3n) is 1.72. The average molecular weight is 295 g/mol. The van der Waals surface area contributed by atoms with E-state index in [2.05, 4.69) is 22.6 Å². The predicted molar refractivity (Wildman–Crippen MR) is 58.9 cm³/mol. The maximum Gasteiger partial charge on any atom is 0.160 e. The molecule has 1 aromatic carbocycles. The number of carbonyl (C=O) groups is 1. The highest BCUT2D eigenvalue weighted by atomic mass is 127. The highest BCUT2D eigenvalue weighted by Gasteiger charge is 2.08. The Bertz CT molecular complexity index is 334. The van der Waals surface area contributed by atoms with Gasteiger partial charge in [0.25, 0.3) is 0 Å². The summed E-state index contributed by atoms with van der Waals surface area (Å²) in [6, 6.07) is 3.66. The number of Topliss-reactive ketones (excluding diaryl/α,β-unsaturated/α-hetero) is 1. The first-order chi connectivity index (χ1) is 5.54. The molecular formula is C9H8ClIO. The molecule has 0 aliphatic rings. The molecule has 0 amide bonds. The number of ketones is 1. The van der Waals surface area contributed by atoms with Crippen LogP contribution in [0.15, 0.2) is 12.1 Å². The molecule has 1 rings (SSSR count). The first-order valence-corrected chi connectivity index (χ1v) is 4.95. The summed E-state index contributed by atoms with van der Waals surface area (Å²) in [5, 5.41) is 0.684. The van der Waals surface area contributed by atoms with Crippen molar-refractivity contribution in [2.45, 2.75) is 13.8 Å². The average Bonchev–Trinajstić information content (AvgIpc) is 2.00. The van der Waals surface area contributed by atoms with Crippen LogP contribution in [0, 0.1) is 10.5 Å². The summed E-state index contributed by atoms with van der Waals surface area (Å²) in [6.07, 6.45) is 0. The molecule has 0 aromatic heterocycles. The molecule has 1 nitrogen and oxygen atoms in total. The highest BCUT2D eigenvalue weighted by molar-refractivity contribution is 14.1. The minimum atomic E-state index is 0.0609. The van der Waals surface area contributed by atoms with Crippen molar-refractivity contribution in [2.75, 3.05) is 0 Å². The van der Waals surface area contributed by atoms with Crippen LogP contribution in [0.2, 0.25) is 5.02 Å². The number of carbonyl (C=O) groups excluding carboxylic acids is 1. The van der Waals surface area contributed by atoms with E-state index in [-0.39, 0.29) is 5.78 Å². The Morgan fingerprint density at radius 2 is 2.08 bits per heavy atom. The number of hydrogen-bond acceptors (Lipinski definition) is 1. The molecule has 12 heavy (non-hydrogen) atoms. The zero-order valence-electron chi connectivity index (χ0n) is 6.82. The van der Waals surface area contributed by atoms with E-state index in [9.17, 15) is 4.79 Å². The van der Waals surface area contributed by atoms with E-state index >= 15 is 0 Å². The van der Waals surface area contributed by atoms with E-state index in [1.54, 1.807) is 6.92 Å². The fourth-order valence-electron chi connectivity index (χ4n) is 1.03. The lowest BCUT2D eigenvalue weighted by Crippen LogP contribution is -1.97. The van der Waals surface area contributed by atoms with Gasteiger partial charge in [-0.3, -0.25) is 4.79 Å². The van der Waals surface area contributed by atoms with Crippen LogP contribution in [0.3, 0.4) is 0 Å². The minimum Gasteiger partial charge on any atom is -0.295 e. The summed E-state index contributed by atoms with van der Waals surface area (Å²) in [5.41, 5.74) is 1.58. The quantitative estimate of drug-likeness (QED) is 0.573. The van der Waals surface area contributed by atoms with Crippen molar-refractivity contribution in [3.63, 3.8) is 0 Å². The van der Waals surface area contributed by atoms with Gasteiger partial charge in [-0.2, -0.15) is 0 Å². The van der Waals surface area contributed by atoms with Gasteiger partial charge in [-0.25, -0.2) is 0 Å². The smallest absolute Gasteiger partial charge is 0.160 e. The van der Waals surface area contributed by atoms with Gasteiger partial charge in [0.05, 0.1) is 5.02 Å². The summed E-state index contributed by atoms with van der Waals surface area (Å²) >= 11 is 8.11. The minimum absolute atomic E-state index is 0.0609. The van der Waals surface area contributed by atoms with Gasteiger partial charge < -0.3 is 0 Å². The Morgan fingerprint density at radius 1 is 1.50 bits per heavy atom. The van der Waals surface area contributed by atoms with E-state index in [0.29, 0.717) is 10.6 Å². The molecule has 0 aliphatic carbocycles. The van der Waals surface area contributed by atoms with Gasteiger partial charge in [0.1, 0.15) is 0 Å². The topological polar surface area (TPSA) is 17.1 Å². The summed E-state index contributed by atoms with van der Waals surface area (Å²) in [6.45, 7) is 3.41. The fourth-order valence-corrected chi connectivity index (χ4v) is 1.78. The van der Waals surface area contributed by atoms with Gasteiger partial charge in [-0.1, -0.05) is 17.7 Å². The Balaban J connectivity index is 3.36. The van der Waals surface area contributed by atoms with Crippen LogP contribution in [-0.4, -0.2) is 5.78 Å². The SMILES string of the molecule is CC(=O)c1ccc(I)c(Cl)c1C. The second-order valence-electron chi connectivity index (χ2n) is 2.59. The van der Waals surface area contributed by atoms with E-state index in [1.165, 1.54) is 0 Å². The molecule has 64 valence electrons. The van der Waals surface area contributed by atoms with E-state index in [0.717, 1.165) is 9.13 Å². The lowest BCUT2D eigenvalue weighted by atomic mass is 10.1. The largest absolute Gasteiger partial charge is 0.295 e. The molecule has 0 saturated heterocycles. The van der Waals surface area contributed by atoms with Crippen molar-refractivity contribution >= 4 is 40.0 Å². The van der Waals surface area contributed by atoms with Gasteiger partial charge in [0.2, 0.25) is 0 Å². The van der Waals surface area contributed by atoms with Gasteiger partial charge in [0, 0.05) is 9.13 Å². The summed E-state index contributed by atoms with van der Waals surface area (Å²) < 4.78 is 0.983. The highest BCUT2D eigenvalue weighted by Crippen LogP contribution is 2.25. The maximum atomic E-state index is 11.1. The van der Waals surface area contributed by atoms with Crippen molar-refractivity contribution in [1.82, 2.24) is 0 Å². The lowest BCUT2D eigenvalue weighted by molar-refractivity contribution is 0.101. The van der Waals surface area contributed by atoms with E-state index in [1.807, 2.05) is 19.1 Å². The monoisotopic (exact) mass is 294 g/mol. The molecule has 1 aromatic rings. The van der Waals surface area contributed by atoms with Crippen molar-refractivity contribution in [3.8, 4) is 0 Å². The Labute approximate surface area is 90.3 Å². The molecule has 0 spiro atoms. The second-order valence-corrected chi connectivity index (χ2v) is 4.13. The summed E-state index contributed by atoms with van der Waals surface area (Å²) in [4.78, 5) is 11.1. The molecule has 0 radical (unpaired) electrons. The molecule has 0 unspecified atom stereocenters. The van der Waals surface area contributed by atoms with E-state index in [4.69, 9.17) is 11.6 Å². The molecule has 0 bridgehead atoms. The standard InChI is InChI=1S/C9H8ClIO/c1-5-7(6(2)12)3-4-8(11)9(5)10/h3-4H,1-2H3. The van der Waals surface area contributed by atoms with E-state index < -0.39 is 0 Å². The maximum absolute atomic E-state index is 11.1. The van der Waals surface area contributed by atoms with Gasteiger partial charge in [-0.05, 0) is 48.1 Å². The number of rotatable bonds is 1. The summed E-state index contributed by atoms with van der Waals surface area (Å²) in [7, 11) is 0. The molecular weight excluding hydrogens is 286 g/mol. The molecule has 0 N–H and O–H groups in total. The van der Waals surface area contributed by atoms with Crippen molar-refractivity contribution in [3.05, 3.63) is 31.9 Å². The first-order valence-electron chi connectivity index (χ1n) is 3.49. The molecule has 0 heterocycles. The Hall–Kier alpha value is -0.0900. The van der Waals surface area contributed by atoms with Crippen LogP contribution in [0.5, 0.6) is 0 Å². The number of hydrogen-bond donors (Lipinski definition) is 0.